The smallest absolute Gasteiger partial charge is 0.449 e. The maximum atomic E-state index is 11.2. The summed E-state index contributed by atoms with van der Waals surface area (Å²) < 4.78 is 3.52. The molecule has 0 amide bonds. The van der Waals surface area contributed by atoms with Crippen LogP contribution >= 0.6 is 0 Å². The summed E-state index contributed by atoms with van der Waals surface area (Å²) in [5.41, 5.74) is 0.0718. The zero-order valence-electron chi connectivity index (χ0n) is 11.3. The normalized spacial score (nSPS) is 12.4. The number of ether oxygens (including phenoxy) is 1. The van der Waals surface area contributed by atoms with Gasteiger partial charge in [-0.05, 0) is 17.8 Å². The molecule has 1 N–H and O–H groups in total. The standard InChI is InChI=1S/C11H18O8/c1-7(6-11(2,3)4)5-8(12)17-19-18-10(15)16-9(13)14/h7H,5-6H2,1-4H3,(H,13,14). The Kier molecular flexibility index (Phi) is 6.84. The van der Waals surface area contributed by atoms with Crippen LogP contribution in [-0.2, 0) is 24.3 Å². The van der Waals surface area contributed by atoms with Gasteiger partial charge in [0, 0.05) is 5.04 Å². The molecule has 0 saturated heterocycles. The Morgan fingerprint density at radius 1 is 1.16 bits per heavy atom. The Labute approximate surface area is 110 Å². The van der Waals surface area contributed by atoms with Crippen molar-refractivity contribution < 1.29 is 39.0 Å². The lowest BCUT2D eigenvalue weighted by Crippen LogP contribution is -2.17. The van der Waals surface area contributed by atoms with Crippen LogP contribution in [0.1, 0.15) is 40.5 Å². The van der Waals surface area contributed by atoms with E-state index in [2.05, 4.69) is 19.6 Å². The molecule has 0 aromatic heterocycles. The summed E-state index contributed by atoms with van der Waals surface area (Å²) >= 11 is 0. The van der Waals surface area contributed by atoms with Crippen molar-refractivity contribution in [2.24, 2.45) is 11.3 Å². The van der Waals surface area contributed by atoms with E-state index < -0.39 is 18.3 Å². The molecule has 0 aromatic rings. The van der Waals surface area contributed by atoms with Gasteiger partial charge in [0.2, 0.25) is 0 Å². The molecule has 8 nitrogen and oxygen atoms in total. The Hall–Kier alpha value is -1.83. The molecule has 8 heteroatoms. The molecule has 0 heterocycles. The summed E-state index contributed by atoms with van der Waals surface area (Å²) in [6.07, 6.45) is -2.64. The fourth-order valence-corrected chi connectivity index (χ4v) is 1.61. The summed E-state index contributed by atoms with van der Waals surface area (Å²) in [6, 6.07) is 0. The molecular weight excluding hydrogens is 260 g/mol. The van der Waals surface area contributed by atoms with Crippen molar-refractivity contribution in [3.8, 4) is 0 Å². The molecule has 110 valence electrons. The highest BCUT2D eigenvalue weighted by atomic mass is 17.5. The van der Waals surface area contributed by atoms with E-state index in [1.807, 2.05) is 27.7 Å². The van der Waals surface area contributed by atoms with Crippen LogP contribution in [0, 0.1) is 11.3 Å². The first-order chi connectivity index (χ1) is 8.60. The molecule has 0 aromatic carbocycles. The third-order valence-corrected chi connectivity index (χ3v) is 1.88. The zero-order chi connectivity index (χ0) is 15.1. The largest absolute Gasteiger partial charge is 0.553 e. The molecule has 0 saturated carbocycles. The Bertz CT molecular complexity index is 330. The van der Waals surface area contributed by atoms with Gasteiger partial charge in [0.15, 0.2) is 0 Å². The van der Waals surface area contributed by atoms with Crippen LogP contribution in [0.15, 0.2) is 0 Å². The average Bonchev–Trinajstić information content (AvgIpc) is 2.12. The Balaban J connectivity index is 3.81. The molecule has 1 unspecified atom stereocenters. The van der Waals surface area contributed by atoms with Crippen molar-refractivity contribution >= 4 is 18.3 Å². The summed E-state index contributed by atoms with van der Waals surface area (Å²) in [5, 5.41) is 11.8. The summed E-state index contributed by atoms with van der Waals surface area (Å²) in [4.78, 5) is 39.5. The lowest BCUT2D eigenvalue weighted by Gasteiger charge is -2.22. The minimum Gasteiger partial charge on any atom is -0.449 e. The van der Waals surface area contributed by atoms with Crippen molar-refractivity contribution in [3.05, 3.63) is 0 Å². The van der Waals surface area contributed by atoms with Gasteiger partial charge in [-0.25, -0.2) is 14.5 Å². The highest BCUT2D eigenvalue weighted by molar-refractivity contribution is 5.75. The number of rotatable bonds is 5. The van der Waals surface area contributed by atoms with E-state index in [1.54, 1.807) is 0 Å². The van der Waals surface area contributed by atoms with E-state index in [4.69, 9.17) is 5.11 Å². The van der Waals surface area contributed by atoms with Crippen molar-refractivity contribution in [1.29, 1.82) is 0 Å². The molecule has 0 rings (SSSR count). The number of carboxylic acid groups (broad SMARTS) is 1. The third-order valence-electron chi connectivity index (χ3n) is 1.88. The first-order valence-electron chi connectivity index (χ1n) is 5.59. The maximum Gasteiger partial charge on any atom is 0.553 e. The second kappa shape index (κ2) is 7.57. The second-order valence-corrected chi connectivity index (χ2v) is 5.30. The van der Waals surface area contributed by atoms with Crippen LogP contribution in [0.4, 0.5) is 9.59 Å². The summed E-state index contributed by atoms with van der Waals surface area (Å²) in [7, 11) is 0. The van der Waals surface area contributed by atoms with E-state index in [0.717, 1.165) is 6.42 Å². The van der Waals surface area contributed by atoms with E-state index >= 15 is 0 Å². The van der Waals surface area contributed by atoms with Gasteiger partial charge in [0.25, 0.3) is 0 Å². The van der Waals surface area contributed by atoms with Crippen LogP contribution in [-0.4, -0.2) is 23.4 Å². The van der Waals surface area contributed by atoms with Gasteiger partial charge in [0.1, 0.15) is 0 Å². The first kappa shape index (κ1) is 17.2. The maximum absolute atomic E-state index is 11.2. The predicted molar refractivity (Wildman–Crippen MR) is 60.6 cm³/mol. The first-order valence-corrected chi connectivity index (χ1v) is 5.59. The molecule has 0 fully saturated rings. The molecule has 0 bridgehead atoms. The second-order valence-electron chi connectivity index (χ2n) is 5.30. The zero-order valence-corrected chi connectivity index (χ0v) is 11.3. The molecule has 0 aliphatic heterocycles. The molecule has 1 atom stereocenters. The lowest BCUT2D eigenvalue weighted by molar-refractivity contribution is -0.457. The number of hydrogen-bond donors (Lipinski definition) is 1. The van der Waals surface area contributed by atoms with Gasteiger partial charge in [-0.15, -0.1) is 0 Å². The highest BCUT2D eigenvalue weighted by Crippen LogP contribution is 2.26. The quantitative estimate of drug-likeness (QED) is 0.354. The summed E-state index contributed by atoms with van der Waals surface area (Å²) in [5.74, 6) is -0.679. The average molecular weight is 278 g/mol. The molecule has 0 aliphatic carbocycles. The van der Waals surface area contributed by atoms with E-state index in [0.29, 0.717) is 0 Å². The van der Waals surface area contributed by atoms with Gasteiger partial charge in [-0.2, -0.15) is 4.79 Å². The Morgan fingerprint density at radius 3 is 2.21 bits per heavy atom. The topological polar surface area (TPSA) is 108 Å². The van der Waals surface area contributed by atoms with Crippen LogP contribution in [0.25, 0.3) is 0 Å². The van der Waals surface area contributed by atoms with Crippen LogP contribution in [0.5, 0.6) is 0 Å². The summed E-state index contributed by atoms with van der Waals surface area (Å²) in [6.45, 7) is 7.98. The van der Waals surface area contributed by atoms with Crippen molar-refractivity contribution in [2.75, 3.05) is 0 Å². The number of hydrogen-bond acceptors (Lipinski definition) is 7. The van der Waals surface area contributed by atoms with Crippen LogP contribution in [0.2, 0.25) is 0 Å². The molecular formula is C11H18O8. The number of carbonyl (C=O) groups excluding carboxylic acids is 2. The van der Waals surface area contributed by atoms with E-state index in [9.17, 15) is 14.4 Å². The fraction of sp³-hybridized carbons (Fsp3) is 0.727. The fourth-order valence-electron chi connectivity index (χ4n) is 1.61. The molecule has 0 spiro atoms. The van der Waals surface area contributed by atoms with Gasteiger partial charge in [-0.1, -0.05) is 27.7 Å². The predicted octanol–water partition coefficient (Wildman–Crippen LogP) is 2.67. The lowest BCUT2D eigenvalue weighted by atomic mass is 9.84. The van der Waals surface area contributed by atoms with Crippen molar-refractivity contribution in [3.63, 3.8) is 0 Å². The highest BCUT2D eigenvalue weighted by Gasteiger charge is 2.20. The van der Waals surface area contributed by atoms with Gasteiger partial charge in [0.05, 0.1) is 6.42 Å². The SMILES string of the molecule is CC(CC(=O)OOOC(=O)OC(=O)O)CC(C)(C)C. The van der Waals surface area contributed by atoms with E-state index in [1.165, 1.54) is 0 Å². The van der Waals surface area contributed by atoms with Gasteiger partial charge in [-0.3, -0.25) is 4.89 Å². The van der Waals surface area contributed by atoms with Gasteiger partial charge < -0.3 is 9.84 Å². The van der Waals surface area contributed by atoms with Crippen molar-refractivity contribution in [2.45, 2.75) is 40.5 Å². The monoisotopic (exact) mass is 278 g/mol. The minimum absolute atomic E-state index is 0.0575. The van der Waals surface area contributed by atoms with Crippen molar-refractivity contribution in [1.82, 2.24) is 0 Å². The van der Waals surface area contributed by atoms with Crippen LogP contribution in [0.3, 0.4) is 0 Å². The minimum atomic E-state index is -1.86. The third kappa shape index (κ3) is 11.0. The Morgan fingerprint density at radius 2 is 1.74 bits per heavy atom. The molecule has 0 radical (unpaired) electrons. The molecule has 0 aliphatic rings. The van der Waals surface area contributed by atoms with E-state index in [-0.39, 0.29) is 17.8 Å². The number of carbonyl (C=O) groups is 3. The van der Waals surface area contributed by atoms with Crippen LogP contribution < -0.4 is 0 Å². The van der Waals surface area contributed by atoms with Gasteiger partial charge >= 0.3 is 18.3 Å². The molecule has 19 heavy (non-hydrogen) atoms.